The van der Waals surface area contributed by atoms with Gasteiger partial charge in [-0.05, 0) is 19.0 Å². The minimum atomic E-state index is -0.154. The van der Waals surface area contributed by atoms with Gasteiger partial charge in [0.1, 0.15) is 0 Å². The molecular weight excluding hydrogens is 290 g/mol. The van der Waals surface area contributed by atoms with Gasteiger partial charge in [0.05, 0.1) is 12.6 Å². The summed E-state index contributed by atoms with van der Waals surface area (Å²) in [4.78, 5) is 25.4. The number of nitrogens with one attached hydrogen (secondary N) is 2. The minimum Gasteiger partial charge on any atom is -0.346 e. The number of hydrogen-bond acceptors (Lipinski definition) is 3. The number of likely N-dealkylation sites (N-methyl/N-ethyl adjacent to an activating group) is 1. The number of amides is 2. The SMILES string of the molecule is CNCC(=O)NC(CN1CCCC1=O)c1ccccc1.Cl. The van der Waals surface area contributed by atoms with E-state index >= 15 is 0 Å². The minimum absolute atomic E-state index is 0. The van der Waals surface area contributed by atoms with E-state index in [-0.39, 0.29) is 36.8 Å². The molecule has 1 heterocycles. The summed E-state index contributed by atoms with van der Waals surface area (Å²) in [5.41, 5.74) is 1.02. The van der Waals surface area contributed by atoms with Crippen molar-refractivity contribution in [3.05, 3.63) is 35.9 Å². The molecule has 1 atom stereocenters. The Bertz CT molecular complexity index is 467. The summed E-state index contributed by atoms with van der Waals surface area (Å²) in [5, 5.41) is 5.82. The van der Waals surface area contributed by atoms with Gasteiger partial charge < -0.3 is 15.5 Å². The third-order valence-corrected chi connectivity index (χ3v) is 3.45. The van der Waals surface area contributed by atoms with Crippen LogP contribution in [-0.2, 0) is 9.59 Å². The first-order chi connectivity index (χ1) is 9.70. The summed E-state index contributed by atoms with van der Waals surface area (Å²) in [6.45, 7) is 1.60. The number of hydrogen-bond donors (Lipinski definition) is 2. The van der Waals surface area contributed by atoms with Crippen LogP contribution >= 0.6 is 12.4 Å². The van der Waals surface area contributed by atoms with E-state index in [0.717, 1.165) is 18.5 Å². The highest BCUT2D eigenvalue weighted by Gasteiger charge is 2.25. The van der Waals surface area contributed by atoms with Crippen LogP contribution in [0.4, 0.5) is 0 Å². The molecule has 2 amide bonds. The summed E-state index contributed by atoms with van der Waals surface area (Å²) in [7, 11) is 1.74. The van der Waals surface area contributed by atoms with E-state index in [1.54, 1.807) is 7.05 Å². The highest BCUT2D eigenvalue weighted by atomic mass is 35.5. The molecule has 2 N–H and O–H groups in total. The van der Waals surface area contributed by atoms with E-state index in [2.05, 4.69) is 10.6 Å². The molecule has 1 fully saturated rings. The highest BCUT2D eigenvalue weighted by Crippen LogP contribution is 2.18. The van der Waals surface area contributed by atoms with Gasteiger partial charge in [0.25, 0.3) is 0 Å². The van der Waals surface area contributed by atoms with Crippen LogP contribution in [0.2, 0.25) is 0 Å². The molecule has 0 aromatic heterocycles. The Morgan fingerprint density at radius 3 is 2.62 bits per heavy atom. The first kappa shape index (κ1) is 17.5. The molecule has 0 aliphatic carbocycles. The van der Waals surface area contributed by atoms with Crippen LogP contribution in [0.1, 0.15) is 24.4 Å². The normalized spacial score (nSPS) is 15.5. The Hall–Kier alpha value is -1.59. The molecule has 1 aliphatic rings. The second-order valence-electron chi connectivity index (χ2n) is 5.00. The molecule has 1 aromatic carbocycles. The lowest BCUT2D eigenvalue weighted by Gasteiger charge is -2.25. The second-order valence-corrected chi connectivity index (χ2v) is 5.00. The first-order valence-electron chi connectivity index (χ1n) is 6.97. The van der Waals surface area contributed by atoms with E-state index in [4.69, 9.17) is 0 Å². The zero-order chi connectivity index (χ0) is 14.4. The summed E-state index contributed by atoms with van der Waals surface area (Å²) in [6.07, 6.45) is 1.52. The number of likely N-dealkylation sites (tertiary alicyclic amines) is 1. The maximum Gasteiger partial charge on any atom is 0.234 e. The number of halogens is 1. The molecule has 0 bridgehead atoms. The zero-order valence-electron chi connectivity index (χ0n) is 12.2. The van der Waals surface area contributed by atoms with Gasteiger partial charge in [-0.2, -0.15) is 0 Å². The van der Waals surface area contributed by atoms with Crippen molar-refractivity contribution in [1.82, 2.24) is 15.5 Å². The van der Waals surface area contributed by atoms with Crippen molar-refractivity contribution in [2.75, 3.05) is 26.7 Å². The fourth-order valence-corrected chi connectivity index (χ4v) is 2.44. The summed E-state index contributed by atoms with van der Waals surface area (Å²) >= 11 is 0. The lowest BCUT2D eigenvalue weighted by Crippen LogP contribution is -2.41. The monoisotopic (exact) mass is 311 g/mol. The molecule has 2 rings (SSSR count). The van der Waals surface area contributed by atoms with Gasteiger partial charge in [-0.25, -0.2) is 0 Å². The maximum absolute atomic E-state index is 11.8. The molecule has 1 aromatic rings. The Balaban J connectivity index is 0.00000220. The van der Waals surface area contributed by atoms with Crippen LogP contribution in [0.15, 0.2) is 30.3 Å². The van der Waals surface area contributed by atoms with Crippen LogP contribution in [0.25, 0.3) is 0 Å². The lowest BCUT2D eigenvalue weighted by molar-refractivity contribution is -0.129. The number of carbonyl (C=O) groups is 2. The number of carbonyl (C=O) groups excluding carboxylic acids is 2. The molecule has 0 radical (unpaired) electrons. The summed E-state index contributed by atoms with van der Waals surface area (Å²) in [5.74, 6) is 0.113. The zero-order valence-corrected chi connectivity index (χ0v) is 13.0. The van der Waals surface area contributed by atoms with E-state index in [0.29, 0.717) is 13.0 Å². The fraction of sp³-hybridized carbons (Fsp3) is 0.467. The topological polar surface area (TPSA) is 61.4 Å². The summed E-state index contributed by atoms with van der Waals surface area (Å²) < 4.78 is 0. The van der Waals surface area contributed by atoms with E-state index in [1.165, 1.54) is 0 Å². The molecule has 1 aliphatic heterocycles. The second kappa shape index (κ2) is 8.64. The van der Waals surface area contributed by atoms with E-state index < -0.39 is 0 Å². The largest absolute Gasteiger partial charge is 0.346 e. The average Bonchev–Trinajstić information content (AvgIpc) is 2.85. The van der Waals surface area contributed by atoms with Gasteiger partial charge in [-0.15, -0.1) is 12.4 Å². The molecule has 116 valence electrons. The number of benzene rings is 1. The Kier molecular flexibility index (Phi) is 7.19. The molecule has 21 heavy (non-hydrogen) atoms. The first-order valence-corrected chi connectivity index (χ1v) is 6.97. The van der Waals surface area contributed by atoms with Gasteiger partial charge in [-0.3, -0.25) is 9.59 Å². The number of nitrogens with zero attached hydrogens (tertiary/aromatic N) is 1. The van der Waals surface area contributed by atoms with Crippen molar-refractivity contribution in [2.45, 2.75) is 18.9 Å². The molecule has 0 spiro atoms. The quantitative estimate of drug-likeness (QED) is 0.827. The average molecular weight is 312 g/mol. The molecule has 6 heteroatoms. The Labute approximate surface area is 131 Å². The third-order valence-electron chi connectivity index (χ3n) is 3.45. The Morgan fingerprint density at radius 2 is 2.05 bits per heavy atom. The third kappa shape index (κ3) is 5.02. The number of rotatable bonds is 6. The predicted octanol–water partition coefficient (Wildman–Crippen LogP) is 1.11. The standard InChI is InChI=1S/C15H21N3O2.ClH/c1-16-10-14(19)17-13(12-6-3-2-4-7-12)11-18-9-5-8-15(18)20;/h2-4,6-7,13,16H,5,8-11H2,1H3,(H,17,19);1H. The van der Waals surface area contributed by atoms with Gasteiger partial charge in [0.15, 0.2) is 0 Å². The molecule has 5 nitrogen and oxygen atoms in total. The van der Waals surface area contributed by atoms with Crippen LogP contribution in [-0.4, -0.2) is 43.4 Å². The molecule has 1 saturated heterocycles. The van der Waals surface area contributed by atoms with Crippen molar-refractivity contribution in [1.29, 1.82) is 0 Å². The van der Waals surface area contributed by atoms with Gasteiger partial charge >= 0.3 is 0 Å². The van der Waals surface area contributed by atoms with Crippen molar-refractivity contribution >= 4 is 24.2 Å². The van der Waals surface area contributed by atoms with Gasteiger partial charge in [-0.1, -0.05) is 30.3 Å². The van der Waals surface area contributed by atoms with Crippen molar-refractivity contribution in [3.8, 4) is 0 Å². The van der Waals surface area contributed by atoms with E-state index in [1.807, 2.05) is 35.2 Å². The van der Waals surface area contributed by atoms with E-state index in [9.17, 15) is 9.59 Å². The molecular formula is C15H22ClN3O2. The van der Waals surface area contributed by atoms with Crippen molar-refractivity contribution < 1.29 is 9.59 Å². The van der Waals surface area contributed by atoms with Crippen LogP contribution in [0.3, 0.4) is 0 Å². The molecule has 1 unspecified atom stereocenters. The van der Waals surface area contributed by atoms with Crippen molar-refractivity contribution in [3.63, 3.8) is 0 Å². The van der Waals surface area contributed by atoms with Crippen LogP contribution < -0.4 is 10.6 Å². The maximum atomic E-state index is 11.8. The Morgan fingerprint density at radius 1 is 1.33 bits per heavy atom. The van der Waals surface area contributed by atoms with Crippen LogP contribution in [0.5, 0.6) is 0 Å². The van der Waals surface area contributed by atoms with Crippen LogP contribution in [0, 0.1) is 0 Å². The smallest absolute Gasteiger partial charge is 0.234 e. The lowest BCUT2D eigenvalue weighted by atomic mass is 10.1. The predicted molar refractivity (Wildman–Crippen MR) is 84.3 cm³/mol. The van der Waals surface area contributed by atoms with Crippen molar-refractivity contribution in [2.24, 2.45) is 0 Å². The van der Waals surface area contributed by atoms with Gasteiger partial charge in [0, 0.05) is 19.5 Å². The fourth-order valence-electron chi connectivity index (χ4n) is 2.44. The summed E-state index contributed by atoms with van der Waals surface area (Å²) in [6, 6.07) is 9.63. The molecule has 0 saturated carbocycles. The van der Waals surface area contributed by atoms with Gasteiger partial charge in [0.2, 0.25) is 11.8 Å². The highest BCUT2D eigenvalue weighted by molar-refractivity contribution is 5.85.